The molecule has 0 unspecified atom stereocenters. The van der Waals surface area contributed by atoms with Gasteiger partial charge < -0.3 is 0 Å². The molecular weight excluding hydrogens is 453 g/mol. The van der Waals surface area contributed by atoms with Crippen LogP contribution in [-0.4, -0.2) is 14.8 Å². The average Bonchev–Trinajstić information content (AvgIpc) is 2.94. The zero-order valence-corrected chi connectivity index (χ0v) is 15.5. The van der Waals surface area contributed by atoms with E-state index in [-0.39, 0.29) is 21.1 Å². The van der Waals surface area contributed by atoms with Crippen LogP contribution >= 0.6 is 34.5 Å². The van der Waals surface area contributed by atoms with Crippen molar-refractivity contribution >= 4 is 34.5 Å². The van der Waals surface area contributed by atoms with E-state index in [1.54, 1.807) is 0 Å². The van der Waals surface area contributed by atoms with Gasteiger partial charge in [-0.25, -0.2) is 4.68 Å². The summed E-state index contributed by atoms with van der Waals surface area (Å²) < 4.78 is 77.9. The lowest BCUT2D eigenvalue weighted by Crippen LogP contribution is -2.15. The summed E-state index contributed by atoms with van der Waals surface area (Å²) in [4.78, 5) is 3.20. The van der Waals surface area contributed by atoms with Gasteiger partial charge in [-0.15, -0.1) is 0 Å². The molecule has 148 valence electrons. The smallest absolute Gasteiger partial charge is 0.273 e. The maximum Gasteiger partial charge on any atom is 0.417 e. The van der Waals surface area contributed by atoms with Gasteiger partial charge in [-0.2, -0.15) is 31.4 Å². The zero-order chi connectivity index (χ0) is 20.9. The Hall–Kier alpha value is -2.11. The number of hydrogen-bond acceptors (Lipinski definition) is 4. The molecule has 0 bridgehead atoms. The van der Waals surface area contributed by atoms with E-state index in [0.29, 0.717) is 29.7 Å². The van der Waals surface area contributed by atoms with E-state index in [4.69, 9.17) is 28.6 Å². The van der Waals surface area contributed by atoms with E-state index in [9.17, 15) is 26.3 Å². The Bertz CT molecular complexity index is 1080. The molecule has 0 amide bonds. The van der Waals surface area contributed by atoms with Crippen molar-refractivity contribution in [2.75, 3.05) is 0 Å². The maximum atomic E-state index is 12.8. The fraction of sp³-hybridized carbons (Fsp3) is 0.133. The summed E-state index contributed by atoms with van der Waals surface area (Å²) in [5.41, 5.74) is -2.31. The monoisotopic (exact) mass is 458 g/mol. The predicted molar refractivity (Wildman–Crippen MR) is 90.6 cm³/mol. The Morgan fingerprint density at radius 1 is 0.893 bits per heavy atom. The number of halogens is 8. The molecule has 0 aliphatic heterocycles. The number of nitrogens with zero attached hydrogens (tertiary/aromatic N) is 3. The van der Waals surface area contributed by atoms with Crippen LogP contribution in [0.15, 0.2) is 30.6 Å². The molecular formula is C15H6Cl2F6N4S. The van der Waals surface area contributed by atoms with Gasteiger partial charge in [-0.3, -0.25) is 10.4 Å². The predicted octanol–water partition coefficient (Wildman–Crippen LogP) is 5.82. The van der Waals surface area contributed by atoms with Gasteiger partial charge in [0.1, 0.15) is 10.7 Å². The van der Waals surface area contributed by atoms with Crippen molar-refractivity contribution < 1.29 is 26.3 Å². The molecule has 13 heteroatoms. The molecule has 0 atom stereocenters. The summed E-state index contributed by atoms with van der Waals surface area (Å²) in [7, 11) is 0. The minimum Gasteiger partial charge on any atom is -0.273 e. The normalized spacial score (nSPS) is 12.4. The van der Waals surface area contributed by atoms with Crippen LogP contribution in [0.3, 0.4) is 0 Å². The van der Waals surface area contributed by atoms with Gasteiger partial charge in [-0.05, 0) is 18.2 Å². The minimum atomic E-state index is -4.68. The summed E-state index contributed by atoms with van der Waals surface area (Å²) >= 11 is 12.5. The largest absolute Gasteiger partial charge is 0.417 e. The molecule has 3 rings (SSSR count). The standard InChI is InChI=1S/C15H6Cl2F6N4S/c16-9-2-7(14(18,19)20)3-10(17)11(9)27-13(24)28-12(26-27)6-1-8(5-25-4-6)15(21,22)23/h1-5,24H. The molecule has 28 heavy (non-hydrogen) atoms. The first-order chi connectivity index (χ1) is 12.9. The molecule has 0 aliphatic rings. The summed E-state index contributed by atoms with van der Waals surface area (Å²) in [6.07, 6.45) is -7.55. The van der Waals surface area contributed by atoms with Crippen LogP contribution in [0.5, 0.6) is 0 Å². The van der Waals surface area contributed by atoms with Gasteiger partial charge in [0.25, 0.3) is 0 Å². The Morgan fingerprint density at radius 2 is 1.46 bits per heavy atom. The first-order valence-corrected chi connectivity index (χ1v) is 8.69. The lowest BCUT2D eigenvalue weighted by atomic mass is 10.2. The lowest BCUT2D eigenvalue weighted by Gasteiger charge is -2.12. The highest BCUT2D eigenvalue weighted by Crippen LogP contribution is 2.37. The minimum absolute atomic E-state index is 0.0179. The van der Waals surface area contributed by atoms with Gasteiger partial charge in [0.05, 0.1) is 21.2 Å². The van der Waals surface area contributed by atoms with Crippen LogP contribution < -0.4 is 4.80 Å². The molecule has 1 aromatic carbocycles. The van der Waals surface area contributed by atoms with E-state index in [2.05, 4.69) is 10.1 Å². The van der Waals surface area contributed by atoms with Crippen molar-refractivity contribution in [2.45, 2.75) is 12.4 Å². The van der Waals surface area contributed by atoms with Gasteiger partial charge >= 0.3 is 12.4 Å². The highest BCUT2D eigenvalue weighted by atomic mass is 35.5. The third-order valence-electron chi connectivity index (χ3n) is 3.45. The number of aromatic nitrogens is 3. The molecule has 0 aliphatic carbocycles. The summed E-state index contributed by atoms with van der Waals surface area (Å²) in [6.45, 7) is 0. The second-order valence-electron chi connectivity index (χ2n) is 5.37. The molecule has 0 saturated carbocycles. The molecule has 0 radical (unpaired) electrons. The number of nitrogens with one attached hydrogen (secondary N) is 1. The van der Waals surface area contributed by atoms with Crippen molar-refractivity contribution in [3.8, 4) is 16.3 Å². The van der Waals surface area contributed by atoms with Crippen molar-refractivity contribution in [1.82, 2.24) is 14.8 Å². The fourth-order valence-corrected chi connectivity index (χ4v) is 3.60. The van der Waals surface area contributed by atoms with Crippen LogP contribution in [0.2, 0.25) is 10.0 Å². The number of pyridine rings is 1. The van der Waals surface area contributed by atoms with Gasteiger partial charge in [0, 0.05) is 18.0 Å². The molecule has 0 spiro atoms. The second-order valence-corrected chi connectivity index (χ2v) is 7.16. The van der Waals surface area contributed by atoms with Crippen LogP contribution in [0.1, 0.15) is 11.1 Å². The molecule has 1 N–H and O–H groups in total. The van der Waals surface area contributed by atoms with Gasteiger partial charge in [0.15, 0.2) is 0 Å². The quantitative estimate of drug-likeness (QED) is 0.492. The topological polar surface area (TPSA) is 54.6 Å². The Morgan fingerprint density at radius 3 is 2.00 bits per heavy atom. The number of rotatable bonds is 2. The van der Waals surface area contributed by atoms with E-state index in [1.807, 2.05) is 0 Å². The van der Waals surface area contributed by atoms with Crippen molar-refractivity contribution in [3.63, 3.8) is 0 Å². The third-order valence-corrected chi connectivity index (χ3v) is 4.90. The maximum absolute atomic E-state index is 12.8. The Labute approximate surface area is 166 Å². The first-order valence-electron chi connectivity index (χ1n) is 7.12. The van der Waals surface area contributed by atoms with Crippen LogP contribution in [0, 0.1) is 5.41 Å². The Kier molecular flexibility index (Phi) is 5.19. The third kappa shape index (κ3) is 4.01. The highest BCUT2D eigenvalue weighted by molar-refractivity contribution is 7.12. The summed E-state index contributed by atoms with van der Waals surface area (Å²) in [5.74, 6) is 0. The SMILES string of the molecule is N=c1sc(-c2cncc(C(F)(F)F)c2)nn1-c1c(Cl)cc(C(F)(F)F)cc1Cl. The lowest BCUT2D eigenvalue weighted by molar-refractivity contribution is -0.138. The van der Waals surface area contributed by atoms with Crippen LogP contribution in [0.4, 0.5) is 26.3 Å². The number of benzene rings is 1. The molecule has 3 aromatic rings. The van der Waals surface area contributed by atoms with E-state index < -0.39 is 33.5 Å². The molecule has 2 heterocycles. The molecule has 2 aromatic heterocycles. The molecule has 0 saturated heterocycles. The van der Waals surface area contributed by atoms with Crippen molar-refractivity contribution in [2.24, 2.45) is 0 Å². The van der Waals surface area contributed by atoms with Gasteiger partial charge in [-0.1, -0.05) is 34.5 Å². The average molecular weight is 459 g/mol. The van der Waals surface area contributed by atoms with Crippen LogP contribution in [0.25, 0.3) is 16.3 Å². The summed E-state index contributed by atoms with van der Waals surface area (Å²) in [6, 6.07) is 2.05. The molecule has 0 fully saturated rings. The zero-order valence-electron chi connectivity index (χ0n) is 13.2. The highest BCUT2D eigenvalue weighted by Gasteiger charge is 2.33. The van der Waals surface area contributed by atoms with Crippen molar-refractivity contribution in [3.05, 3.63) is 56.6 Å². The second kappa shape index (κ2) is 7.05. The summed E-state index contributed by atoms with van der Waals surface area (Å²) in [5, 5.41) is 11.1. The molecule has 4 nitrogen and oxygen atoms in total. The fourth-order valence-electron chi connectivity index (χ4n) is 2.20. The van der Waals surface area contributed by atoms with Crippen LogP contribution in [-0.2, 0) is 12.4 Å². The van der Waals surface area contributed by atoms with E-state index in [0.717, 1.165) is 16.9 Å². The number of alkyl halides is 6. The number of hydrogen-bond donors (Lipinski definition) is 1. The van der Waals surface area contributed by atoms with Crippen molar-refractivity contribution in [1.29, 1.82) is 5.41 Å². The van der Waals surface area contributed by atoms with E-state index in [1.165, 1.54) is 0 Å². The van der Waals surface area contributed by atoms with E-state index >= 15 is 0 Å². The van der Waals surface area contributed by atoms with Gasteiger partial charge in [0.2, 0.25) is 4.80 Å². The first kappa shape index (κ1) is 20.6. The Balaban J connectivity index is 2.11.